The first-order valence-electron chi connectivity index (χ1n) is 13.6. The number of aromatic nitrogens is 2. The first-order valence-corrected chi connectivity index (χ1v) is 14.4. The SMILES string of the molecule is CC1CCCCN1C(=O)c1nc(C(=O)NCC(C)(C)O)sc1-c1cnc(NC2CCCCC2(F)F)cc1C(F)(F)F. The Morgan fingerprint density at radius 2 is 1.88 bits per heavy atom. The molecule has 3 heterocycles. The summed E-state index contributed by atoms with van der Waals surface area (Å²) in [6, 6.07) is -0.879. The second-order valence-corrected chi connectivity index (χ2v) is 12.4. The van der Waals surface area contributed by atoms with E-state index in [4.69, 9.17) is 0 Å². The number of halogens is 5. The lowest BCUT2D eigenvalue weighted by molar-refractivity contribution is -0.137. The van der Waals surface area contributed by atoms with Crippen LogP contribution in [0.2, 0.25) is 0 Å². The number of thiazole rings is 1. The molecule has 2 aromatic rings. The van der Waals surface area contributed by atoms with Crippen molar-refractivity contribution in [2.45, 2.75) is 95.5 Å². The van der Waals surface area contributed by atoms with Gasteiger partial charge < -0.3 is 20.6 Å². The van der Waals surface area contributed by atoms with Gasteiger partial charge in [0.2, 0.25) is 0 Å². The molecule has 2 aromatic heterocycles. The van der Waals surface area contributed by atoms with Crippen LogP contribution in [0.5, 0.6) is 0 Å². The van der Waals surface area contributed by atoms with Gasteiger partial charge in [-0.3, -0.25) is 9.59 Å². The Balaban J connectivity index is 1.77. The Morgan fingerprint density at radius 3 is 2.51 bits per heavy atom. The van der Waals surface area contributed by atoms with Crippen molar-refractivity contribution in [1.29, 1.82) is 0 Å². The molecule has 1 aliphatic carbocycles. The number of piperidine rings is 1. The molecule has 2 unspecified atom stereocenters. The van der Waals surface area contributed by atoms with E-state index in [1.807, 2.05) is 6.92 Å². The molecule has 1 saturated heterocycles. The molecule has 2 fully saturated rings. The molecule has 4 rings (SSSR count). The van der Waals surface area contributed by atoms with E-state index in [-0.39, 0.29) is 46.8 Å². The van der Waals surface area contributed by atoms with E-state index < -0.39 is 46.7 Å². The Hall–Kier alpha value is -2.87. The second kappa shape index (κ2) is 11.8. The third-order valence-electron chi connectivity index (χ3n) is 7.31. The summed E-state index contributed by atoms with van der Waals surface area (Å²) in [6.45, 7) is 5.00. The van der Waals surface area contributed by atoms with Crippen LogP contribution in [-0.2, 0) is 6.18 Å². The van der Waals surface area contributed by atoms with Gasteiger partial charge in [-0.2, -0.15) is 13.2 Å². The summed E-state index contributed by atoms with van der Waals surface area (Å²) in [5.41, 5.74) is -3.25. The maximum absolute atomic E-state index is 14.4. The number of carbonyl (C=O) groups excluding carboxylic acids is 2. The zero-order valence-electron chi connectivity index (χ0n) is 23.1. The largest absolute Gasteiger partial charge is 0.417 e. The van der Waals surface area contributed by atoms with Crippen molar-refractivity contribution in [1.82, 2.24) is 20.2 Å². The molecule has 1 saturated carbocycles. The Kier molecular flexibility index (Phi) is 8.93. The highest BCUT2D eigenvalue weighted by atomic mass is 32.1. The van der Waals surface area contributed by atoms with Gasteiger partial charge >= 0.3 is 6.18 Å². The maximum atomic E-state index is 14.4. The van der Waals surface area contributed by atoms with Crippen molar-refractivity contribution in [3.05, 3.63) is 28.5 Å². The van der Waals surface area contributed by atoms with Crippen LogP contribution in [0, 0.1) is 0 Å². The van der Waals surface area contributed by atoms with Gasteiger partial charge in [0.15, 0.2) is 5.01 Å². The number of amides is 2. The first-order chi connectivity index (χ1) is 19.1. The molecule has 226 valence electrons. The van der Waals surface area contributed by atoms with Crippen molar-refractivity contribution in [3.8, 4) is 10.4 Å². The zero-order chi connectivity index (χ0) is 30.2. The lowest BCUT2D eigenvalue weighted by Crippen LogP contribution is -2.42. The van der Waals surface area contributed by atoms with Crippen LogP contribution in [0.15, 0.2) is 12.3 Å². The van der Waals surface area contributed by atoms with Crippen molar-refractivity contribution >= 4 is 29.0 Å². The smallest absolute Gasteiger partial charge is 0.389 e. The Labute approximate surface area is 238 Å². The van der Waals surface area contributed by atoms with Crippen molar-refractivity contribution in [2.75, 3.05) is 18.4 Å². The molecule has 41 heavy (non-hydrogen) atoms. The number of hydrogen-bond donors (Lipinski definition) is 3. The maximum Gasteiger partial charge on any atom is 0.417 e. The molecule has 3 N–H and O–H groups in total. The summed E-state index contributed by atoms with van der Waals surface area (Å²) in [6.07, 6.45) is -1.16. The minimum Gasteiger partial charge on any atom is -0.389 e. The van der Waals surface area contributed by atoms with Gasteiger partial charge in [-0.1, -0.05) is 6.42 Å². The normalized spacial score (nSPS) is 21.4. The first kappa shape index (κ1) is 31.1. The molecule has 0 radical (unpaired) electrons. The Morgan fingerprint density at radius 1 is 1.17 bits per heavy atom. The van der Waals surface area contributed by atoms with Crippen LogP contribution >= 0.6 is 11.3 Å². The van der Waals surface area contributed by atoms with Crippen molar-refractivity contribution in [3.63, 3.8) is 0 Å². The van der Waals surface area contributed by atoms with Crippen molar-refractivity contribution in [2.24, 2.45) is 0 Å². The minimum atomic E-state index is -4.93. The molecule has 8 nitrogen and oxygen atoms in total. The van der Waals surface area contributed by atoms with Crippen LogP contribution in [0.1, 0.15) is 91.6 Å². The van der Waals surface area contributed by atoms with E-state index in [1.165, 1.54) is 18.7 Å². The Bertz CT molecular complexity index is 1280. The van der Waals surface area contributed by atoms with E-state index in [2.05, 4.69) is 20.6 Å². The molecule has 2 amide bonds. The quantitative estimate of drug-likeness (QED) is 0.349. The monoisotopic (exact) mass is 603 g/mol. The van der Waals surface area contributed by atoms with Gasteiger partial charge in [-0.15, -0.1) is 11.3 Å². The lowest BCUT2D eigenvalue weighted by Gasteiger charge is -2.33. The number of likely N-dealkylation sites (tertiary alicyclic amines) is 1. The molecule has 0 spiro atoms. The van der Waals surface area contributed by atoms with E-state index in [1.54, 1.807) is 0 Å². The number of carbonyl (C=O) groups is 2. The van der Waals surface area contributed by atoms with Crippen LogP contribution in [0.4, 0.5) is 27.8 Å². The van der Waals surface area contributed by atoms with E-state index in [0.29, 0.717) is 43.2 Å². The predicted octanol–water partition coefficient (Wildman–Crippen LogP) is 5.73. The number of anilines is 1. The zero-order valence-corrected chi connectivity index (χ0v) is 23.9. The van der Waals surface area contributed by atoms with Crippen molar-refractivity contribution < 1.29 is 36.6 Å². The summed E-state index contributed by atoms with van der Waals surface area (Å²) in [7, 11) is 0. The number of pyridine rings is 1. The molecule has 0 aromatic carbocycles. The topological polar surface area (TPSA) is 107 Å². The lowest BCUT2D eigenvalue weighted by atomic mass is 9.91. The molecule has 2 atom stereocenters. The summed E-state index contributed by atoms with van der Waals surface area (Å²) in [5, 5.41) is 14.7. The van der Waals surface area contributed by atoms with Crippen LogP contribution in [0.3, 0.4) is 0 Å². The van der Waals surface area contributed by atoms with Gasteiger partial charge in [0.25, 0.3) is 17.7 Å². The number of hydrogen-bond acceptors (Lipinski definition) is 7. The van der Waals surface area contributed by atoms with Crippen LogP contribution in [-0.4, -0.2) is 68.5 Å². The number of nitrogens with zero attached hydrogens (tertiary/aromatic N) is 3. The number of alkyl halides is 5. The molecular weight excluding hydrogens is 569 g/mol. The summed E-state index contributed by atoms with van der Waals surface area (Å²) < 4.78 is 71.9. The van der Waals surface area contributed by atoms with Crippen LogP contribution < -0.4 is 10.6 Å². The number of rotatable bonds is 7. The number of nitrogens with one attached hydrogen (secondary N) is 2. The highest BCUT2D eigenvalue weighted by molar-refractivity contribution is 7.17. The summed E-state index contributed by atoms with van der Waals surface area (Å²) >= 11 is 0.604. The standard InChI is InChI=1S/C27H34F5N5O3S/c1-15-8-5-7-11-37(15)24(39)20-21(41-23(36-20)22(38)34-14-25(2,3)40)16-13-33-19(12-17(16)27(30,31)32)35-18-9-4-6-10-26(18,28)29/h12-13,15,18,40H,4-11,14H2,1-3H3,(H,33,35)(H,34,38). The van der Waals surface area contributed by atoms with E-state index in [9.17, 15) is 36.6 Å². The molecule has 14 heteroatoms. The summed E-state index contributed by atoms with van der Waals surface area (Å²) in [4.78, 5) is 36.0. The summed E-state index contributed by atoms with van der Waals surface area (Å²) in [5.74, 6) is -4.83. The third kappa shape index (κ3) is 7.32. The molecule has 0 bridgehead atoms. The predicted molar refractivity (Wildman–Crippen MR) is 144 cm³/mol. The fraction of sp³-hybridized carbons (Fsp3) is 0.630. The van der Waals surface area contributed by atoms with E-state index >= 15 is 0 Å². The van der Waals surface area contributed by atoms with Gasteiger partial charge in [0, 0.05) is 37.3 Å². The van der Waals surface area contributed by atoms with Gasteiger partial charge in [0.05, 0.1) is 22.1 Å². The third-order valence-corrected chi connectivity index (χ3v) is 8.40. The van der Waals surface area contributed by atoms with Crippen LogP contribution in [0.25, 0.3) is 10.4 Å². The van der Waals surface area contributed by atoms with Gasteiger partial charge in [-0.25, -0.2) is 18.7 Å². The minimum absolute atomic E-state index is 0.0857. The molecular formula is C27H34F5N5O3S. The van der Waals surface area contributed by atoms with Gasteiger partial charge in [-0.05, 0) is 58.9 Å². The van der Waals surface area contributed by atoms with E-state index in [0.717, 1.165) is 19.0 Å². The average Bonchev–Trinajstić information content (AvgIpc) is 3.33. The average molecular weight is 604 g/mol. The molecule has 2 aliphatic rings. The fourth-order valence-electron chi connectivity index (χ4n) is 5.05. The highest BCUT2D eigenvalue weighted by Gasteiger charge is 2.43. The highest BCUT2D eigenvalue weighted by Crippen LogP contribution is 2.43. The number of aliphatic hydroxyl groups is 1. The fourth-order valence-corrected chi connectivity index (χ4v) is 6.05. The second-order valence-electron chi connectivity index (χ2n) is 11.4. The molecule has 1 aliphatic heterocycles. The van der Waals surface area contributed by atoms with Gasteiger partial charge in [0.1, 0.15) is 11.5 Å².